The van der Waals surface area contributed by atoms with E-state index in [1.54, 1.807) is 0 Å². The second-order valence-corrected chi connectivity index (χ2v) is 7.04. The summed E-state index contributed by atoms with van der Waals surface area (Å²) in [5.41, 5.74) is 2.21. The topological polar surface area (TPSA) is 15.3 Å². The molecular weight excluding hydrogens is 268 g/mol. The third-order valence-electron chi connectivity index (χ3n) is 3.31. The van der Waals surface area contributed by atoms with Crippen LogP contribution >= 0.6 is 11.6 Å². The minimum absolute atomic E-state index is 0.493. The molecule has 3 heteroatoms. The lowest BCUT2D eigenvalue weighted by molar-refractivity contribution is 0.442. The van der Waals surface area contributed by atoms with E-state index in [-0.39, 0.29) is 0 Å². The standard InChI is InChI=1S/C17H29ClN2/c1-12(2)10-14(11-13(3)4)19-16-9-7-8-15(18)17(16)20(5)6/h7-9,12-14,19H,10-11H2,1-6H3. The van der Waals surface area contributed by atoms with Crippen LogP contribution < -0.4 is 10.2 Å². The molecule has 0 aliphatic carbocycles. The van der Waals surface area contributed by atoms with Crippen molar-refractivity contribution in [1.29, 1.82) is 0 Å². The van der Waals surface area contributed by atoms with Crippen molar-refractivity contribution in [3.8, 4) is 0 Å². The molecule has 1 N–H and O–H groups in total. The highest BCUT2D eigenvalue weighted by atomic mass is 35.5. The van der Waals surface area contributed by atoms with Gasteiger partial charge in [0.2, 0.25) is 0 Å². The van der Waals surface area contributed by atoms with Crippen molar-refractivity contribution in [1.82, 2.24) is 0 Å². The van der Waals surface area contributed by atoms with E-state index in [0.717, 1.165) is 16.4 Å². The molecule has 0 saturated carbocycles. The highest BCUT2D eigenvalue weighted by molar-refractivity contribution is 6.34. The first-order valence-electron chi connectivity index (χ1n) is 7.53. The third kappa shape index (κ3) is 5.24. The predicted molar refractivity (Wildman–Crippen MR) is 92.1 cm³/mol. The Bertz CT molecular complexity index is 403. The van der Waals surface area contributed by atoms with E-state index in [0.29, 0.717) is 17.9 Å². The molecule has 0 amide bonds. The van der Waals surface area contributed by atoms with Crippen molar-refractivity contribution in [2.75, 3.05) is 24.3 Å². The number of rotatable bonds is 7. The second kappa shape index (κ2) is 7.78. The van der Waals surface area contributed by atoms with Gasteiger partial charge in [-0.3, -0.25) is 0 Å². The molecule has 20 heavy (non-hydrogen) atoms. The molecule has 2 nitrogen and oxygen atoms in total. The van der Waals surface area contributed by atoms with Crippen molar-refractivity contribution >= 4 is 23.0 Å². The first-order chi connectivity index (χ1) is 9.31. The van der Waals surface area contributed by atoms with E-state index in [1.165, 1.54) is 12.8 Å². The molecule has 1 rings (SSSR count). The largest absolute Gasteiger partial charge is 0.381 e. The summed E-state index contributed by atoms with van der Waals surface area (Å²) in [7, 11) is 4.07. The molecule has 0 radical (unpaired) electrons. The van der Waals surface area contributed by atoms with Crippen LogP contribution in [0.15, 0.2) is 18.2 Å². The summed E-state index contributed by atoms with van der Waals surface area (Å²) in [6, 6.07) is 6.57. The molecule has 0 atom stereocenters. The van der Waals surface area contributed by atoms with E-state index in [4.69, 9.17) is 11.6 Å². The fraction of sp³-hybridized carbons (Fsp3) is 0.647. The summed E-state index contributed by atoms with van der Waals surface area (Å²) in [5.74, 6) is 1.38. The first-order valence-corrected chi connectivity index (χ1v) is 7.91. The Morgan fingerprint density at radius 1 is 1.05 bits per heavy atom. The number of nitrogens with one attached hydrogen (secondary N) is 1. The van der Waals surface area contributed by atoms with Gasteiger partial charge in [-0.15, -0.1) is 0 Å². The Balaban J connectivity index is 2.95. The van der Waals surface area contributed by atoms with Crippen LogP contribution in [0.25, 0.3) is 0 Å². The van der Waals surface area contributed by atoms with Crippen LogP contribution in [-0.2, 0) is 0 Å². The van der Waals surface area contributed by atoms with Gasteiger partial charge in [-0.05, 0) is 36.8 Å². The summed E-state index contributed by atoms with van der Waals surface area (Å²) < 4.78 is 0. The number of nitrogens with zero attached hydrogens (tertiary/aromatic N) is 1. The summed E-state index contributed by atoms with van der Waals surface area (Å²) >= 11 is 6.34. The SMILES string of the molecule is CC(C)CC(CC(C)C)Nc1cccc(Cl)c1N(C)C. The van der Waals surface area contributed by atoms with Gasteiger partial charge < -0.3 is 10.2 Å². The molecule has 0 bridgehead atoms. The molecule has 0 fully saturated rings. The average Bonchev–Trinajstić information content (AvgIpc) is 2.26. The average molecular weight is 297 g/mol. The van der Waals surface area contributed by atoms with Crippen molar-refractivity contribution in [3.63, 3.8) is 0 Å². The van der Waals surface area contributed by atoms with E-state index in [9.17, 15) is 0 Å². The monoisotopic (exact) mass is 296 g/mol. The molecule has 1 aromatic rings. The van der Waals surface area contributed by atoms with Crippen molar-refractivity contribution in [3.05, 3.63) is 23.2 Å². The van der Waals surface area contributed by atoms with E-state index < -0.39 is 0 Å². The van der Waals surface area contributed by atoms with Crippen LogP contribution in [0.3, 0.4) is 0 Å². The fourth-order valence-corrected chi connectivity index (χ4v) is 3.00. The van der Waals surface area contributed by atoms with E-state index >= 15 is 0 Å². The van der Waals surface area contributed by atoms with Crippen LogP contribution in [-0.4, -0.2) is 20.1 Å². The van der Waals surface area contributed by atoms with Gasteiger partial charge in [0.15, 0.2) is 0 Å². The zero-order valence-corrected chi connectivity index (χ0v) is 14.5. The molecule has 0 saturated heterocycles. The van der Waals surface area contributed by atoms with Crippen LogP contribution in [0.2, 0.25) is 5.02 Å². The number of benzene rings is 1. The normalized spacial score (nSPS) is 11.5. The van der Waals surface area contributed by atoms with Gasteiger partial charge in [0.05, 0.1) is 16.4 Å². The Labute approximate surface area is 129 Å². The number of hydrogen-bond donors (Lipinski definition) is 1. The molecular formula is C17H29ClN2. The van der Waals surface area contributed by atoms with Gasteiger partial charge in [0.25, 0.3) is 0 Å². The lowest BCUT2D eigenvalue weighted by atomic mass is 9.95. The lowest BCUT2D eigenvalue weighted by Crippen LogP contribution is -2.25. The highest BCUT2D eigenvalue weighted by Crippen LogP contribution is 2.33. The highest BCUT2D eigenvalue weighted by Gasteiger charge is 2.16. The summed E-state index contributed by atoms with van der Waals surface area (Å²) in [4.78, 5) is 2.08. The maximum absolute atomic E-state index is 6.34. The van der Waals surface area contributed by atoms with Crippen LogP contribution in [0.5, 0.6) is 0 Å². The molecule has 1 aromatic carbocycles. The Morgan fingerprint density at radius 2 is 1.60 bits per heavy atom. The Kier molecular flexibility index (Phi) is 6.67. The molecule has 0 heterocycles. The molecule has 0 aliphatic heterocycles. The summed E-state index contributed by atoms with van der Waals surface area (Å²) in [6.07, 6.45) is 2.36. The minimum Gasteiger partial charge on any atom is -0.381 e. The quantitative estimate of drug-likeness (QED) is 0.736. The fourth-order valence-electron chi connectivity index (χ4n) is 2.66. The molecule has 0 unspecified atom stereocenters. The summed E-state index contributed by atoms with van der Waals surface area (Å²) in [6.45, 7) is 9.11. The van der Waals surface area contributed by atoms with Crippen molar-refractivity contribution < 1.29 is 0 Å². The summed E-state index contributed by atoms with van der Waals surface area (Å²) in [5, 5.41) is 4.51. The Hall–Kier alpha value is -0.890. The van der Waals surface area contributed by atoms with Gasteiger partial charge in [0.1, 0.15) is 0 Å². The van der Waals surface area contributed by atoms with E-state index in [2.05, 4.69) is 44.0 Å². The number of para-hydroxylation sites is 1. The zero-order chi connectivity index (χ0) is 15.3. The van der Waals surface area contributed by atoms with E-state index in [1.807, 2.05) is 26.2 Å². The lowest BCUT2D eigenvalue weighted by Gasteiger charge is -2.27. The second-order valence-electron chi connectivity index (χ2n) is 6.63. The van der Waals surface area contributed by atoms with Gasteiger partial charge in [0, 0.05) is 20.1 Å². The maximum atomic E-state index is 6.34. The molecule has 0 spiro atoms. The third-order valence-corrected chi connectivity index (χ3v) is 3.61. The number of hydrogen-bond acceptors (Lipinski definition) is 2. The first kappa shape index (κ1) is 17.2. The maximum Gasteiger partial charge on any atom is 0.0786 e. The van der Waals surface area contributed by atoms with Crippen LogP contribution in [0, 0.1) is 11.8 Å². The van der Waals surface area contributed by atoms with Crippen LogP contribution in [0.4, 0.5) is 11.4 Å². The van der Waals surface area contributed by atoms with Gasteiger partial charge in [-0.25, -0.2) is 0 Å². The van der Waals surface area contributed by atoms with Crippen LogP contribution in [0.1, 0.15) is 40.5 Å². The predicted octanol–water partition coefficient (Wildman–Crippen LogP) is 5.28. The number of anilines is 2. The molecule has 114 valence electrons. The van der Waals surface area contributed by atoms with Gasteiger partial charge >= 0.3 is 0 Å². The zero-order valence-electron chi connectivity index (χ0n) is 13.7. The molecule has 0 aliphatic rings. The van der Waals surface area contributed by atoms with Gasteiger partial charge in [-0.1, -0.05) is 45.4 Å². The molecule has 0 aromatic heterocycles. The van der Waals surface area contributed by atoms with Gasteiger partial charge in [-0.2, -0.15) is 0 Å². The number of halogens is 1. The minimum atomic E-state index is 0.493. The smallest absolute Gasteiger partial charge is 0.0786 e. The van der Waals surface area contributed by atoms with Crippen molar-refractivity contribution in [2.24, 2.45) is 11.8 Å². The Morgan fingerprint density at radius 3 is 2.05 bits per heavy atom. The van der Waals surface area contributed by atoms with Crippen molar-refractivity contribution in [2.45, 2.75) is 46.6 Å².